The molecule has 0 rings (SSSR count). The van der Waals surface area contributed by atoms with E-state index in [-0.39, 0.29) is 31.1 Å². The molecule has 0 amide bonds. The van der Waals surface area contributed by atoms with Crippen LogP contribution in [0.2, 0.25) is 0 Å². The van der Waals surface area contributed by atoms with Gasteiger partial charge in [-0.2, -0.15) is 0 Å². The minimum atomic E-state index is -0.790. The summed E-state index contributed by atoms with van der Waals surface area (Å²) < 4.78 is 16.9. The normalized spacial score (nSPS) is 12.5. The van der Waals surface area contributed by atoms with Crippen molar-refractivity contribution in [1.82, 2.24) is 0 Å². The fourth-order valence-electron chi connectivity index (χ4n) is 8.53. The van der Waals surface area contributed by atoms with Crippen molar-refractivity contribution in [3.05, 3.63) is 72.9 Å². The average molecular weight is 992 g/mol. The largest absolute Gasteiger partial charge is 0.462 e. The summed E-state index contributed by atoms with van der Waals surface area (Å²) in [6.45, 7) is 6.60. The lowest BCUT2D eigenvalue weighted by Gasteiger charge is -2.18. The smallest absolute Gasteiger partial charge is 0.306 e. The predicted molar refractivity (Wildman–Crippen MR) is 307 cm³/mol. The van der Waals surface area contributed by atoms with Gasteiger partial charge in [-0.05, 0) is 116 Å². The SMILES string of the molecule is CCCCCC/C=C\C/C=C\CCCCCCCC(=O)OC(COC(=O)CCCCCCC/C=C\CCCCCCC)COC(=O)CCCCCCCCCC/C=C\C/C=C\C/C=C\CCCCCCC. The summed E-state index contributed by atoms with van der Waals surface area (Å²) in [4.78, 5) is 38.2. The molecule has 410 valence electrons. The maximum atomic E-state index is 12.9. The Morgan fingerprint density at radius 3 is 0.817 bits per heavy atom. The molecule has 0 aromatic rings. The van der Waals surface area contributed by atoms with Crippen molar-refractivity contribution in [1.29, 1.82) is 0 Å². The van der Waals surface area contributed by atoms with Crippen molar-refractivity contribution in [2.75, 3.05) is 13.2 Å². The van der Waals surface area contributed by atoms with Gasteiger partial charge < -0.3 is 14.2 Å². The van der Waals surface area contributed by atoms with E-state index < -0.39 is 6.10 Å². The van der Waals surface area contributed by atoms with Gasteiger partial charge in [-0.25, -0.2) is 0 Å². The quantitative estimate of drug-likeness (QED) is 0.0261. The van der Waals surface area contributed by atoms with Gasteiger partial charge in [-0.1, -0.05) is 241 Å². The van der Waals surface area contributed by atoms with Gasteiger partial charge in [0.1, 0.15) is 13.2 Å². The van der Waals surface area contributed by atoms with Crippen molar-refractivity contribution < 1.29 is 28.6 Å². The Labute approximate surface area is 440 Å². The Hall–Kier alpha value is -3.15. The lowest BCUT2D eigenvalue weighted by Crippen LogP contribution is -2.30. The first-order valence-electron chi connectivity index (χ1n) is 30.4. The van der Waals surface area contributed by atoms with Gasteiger partial charge in [-0.3, -0.25) is 14.4 Å². The van der Waals surface area contributed by atoms with Crippen LogP contribution in [0.15, 0.2) is 72.9 Å². The highest BCUT2D eigenvalue weighted by molar-refractivity contribution is 5.71. The molecule has 0 fully saturated rings. The van der Waals surface area contributed by atoms with Crippen molar-refractivity contribution >= 4 is 17.9 Å². The molecule has 0 aliphatic carbocycles. The van der Waals surface area contributed by atoms with E-state index in [1.807, 2.05) is 0 Å². The first kappa shape index (κ1) is 67.8. The molecule has 0 saturated carbocycles. The van der Waals surface area contributed by atoms with Gasteiger partial charge in [0.25, 0.3) is 0 Å². The van der Waals surface area contributed by atoms with Gasteiger partial charge in [-0.15, -0.1) is 0 Å². The second-order valence-corrected chi connectivity index (χ2v) is 20.2. The van der Waals surface area contributed by atoms with Crippen LogP contribution in [0.3, 0.4) is 0 Å². The third-order valence-electron chi connectivity index (χ3n) is 13.2. The summed E-state index contributed by atoms with van der Waals surface area (Å²) in [6, 6.07) is 0. The van der Waals surface area contributed by atoms with Crippen LogP contribution in [-0.4, -0.2) is 37.2 Å². The second-order valence-electron chi connectivity index (χ2n) is 20.2. The molecule has 1 atom stereocenters. The van der Waals surface area contributed by atoms with Crippen molar-refractivity contribution in [3.63, 3.8) is 0 Å². The molecule has 0 radical (unpaired) electrons. The summed E-state index contributed by atoms with van der Waals surface area (Å²) in [5.74, 6) is -0.906. The highest BCUT2D eigenvalue weighted by Crippen LogP contribution is 2.15. The summed E-state index contributed by atoms with van der Waals surface area (Å²) in [5.41, 5.74) is 0. The molecular weight excluding hydrogens is 877 g/mol. The van der Waals surface area contributed by atoms with Gasteiger partial charge in [0.2, 0.25) is 0 Å². The first-order chi connectivity index (χ1) is 35.0. The van der Waals surface area contributed by atoms with Gasteiger partial charge in [0.05, 0.1) is 0 Å². The zero-order valence-corrected chi connectivity index (χ0v) is 47.0. The van der Waals surface area contributed by atoms with E-state index in [0.717, 1.165) is 109 Å². The zero-order valence-electron chi connectivity index (χ0n) is 47.0. The highest BCUT2D eigenvalue weighted by atomic mass is 16.6. The average Bonchev–Trinajstić information content (AvgIpc) is 3.37. The number of esters is 3. The molecule has 0 aromatic heterocycles. The molecule has 0 aromatic carbocycles. The number of carbonyl (C=O) groups excluding carboxylic acids is 3. The lowest BCUT2D eigenvalue weighted by molar-refractivity contribution is -0.167. The molecule has 0 heterocycles. The van der Waals surface area contributed by atoms with E-state index >= 15 is 0 Å². The van der Waals surface area contributed by atoms with Crippen LogP contribution in [0.1, 0.15) is 303 Å². The Balaban J connectivity index is 4.37. The number of hydrogen-bond acceptors (Lipinski definition) is 6. The maximum absolute atomic E-state index is 12.9. The van der Waals surface area contributed by atoms with Crippen LogP contribution in [0, 0.1) is 0 Å². The summed E-state index contributed by atoms with van der Waals surface area (Å²) >= 11 is 0. The van der Waals surface area contributed by atoms with Crippen molar-refractivity contribution in [3.8, 4) is 0 Å². The molecule has 6 nitrogen and oxygen atoms in total. The first-order valence-corrected chi connectivity index (χ1v) is 30.4. The molecule has 1 unspecified atom stereocenters. The Morgan fingerprint density at radius 1 is 0.282 bits per heavy atom. The van der Waals surface area contributed by atoms with Gasteiger partial charge in [0.15, 0.2) is 6.10 Å². The topological polar surface area (TPSA) is 78.9 Å². The number of rotatable bonds is 55. The van der Waals surface area contributed by atoms with E-state index in [4.69, 9.17) is 14.2 Å². The van der Waals surface area contributed by atoms with Gasteiger partial charge in [0, 0.05) is 19.3 Å². The maximum Gasteiger partial charge on any atom is 0.306 e. The summed E-state index contributed by atoms with van der Waals surface area (Å²) in [6.07, 6.45) is 76.1. The highest BCUT2D eigenvalue weighted by Gasteiger charge is 2.19. The van der Waals surface area contributed by atoms with Crippen LogP contribution < -0.4 is 0 Å². The standard InChI is InChI=1S/C65H114O6/c1-4-7-10-13-16-19-22-25-28-30-31-32-33-34-35-36-38-40-43-46-49-52-55-58-64(67)70-61-62(60-69-63(66)57-54-51-48-45-42-39-27-24-21-18-15-12-9-6-3)71-65(68)59-56-53-50-47-44-41-37-29-26-23-20-17-14-11-8-5-2/h20,22-25,27,29-31,33-34,37,62H,4-19,21,26,28,32,35-36,38-61H2,1-3H3/b23-20-,25-22-,27-24-,31-30-,34-33-,37-29-. The third kappa shape index (κ3) is 57.6. The van der Waals surface area contributed by atoms with Crippen LogP contribution in [0.5, 0.6) is 0 Å². The molecule has 6 heteroatoms. The lowest BCUT2D eigenvalue weighted by atomic mass is 10.1. The zero-order chi connectivity index (χ0) is 51.4. The van der Waals surface area contributed by atoms with Crippen LogP contribution >= 0.6 is 0 Å². The van der Waals surface area contributed by atoms with E-state index in [9.17, 15) is 14.4 Å². The van der Waals surface area contributed by atoms with Gasteiger partial charge >= 0.3 is 17.9 Å². The van der Waals surface area contributed by atoms with Crippen LogP contribution in [0.4, 0.5) is 0 Å². The molecular formula is C65H114O6. The number of ether oxygens (including phenoxy) is 3. The number of hydrogen-bond donors (Lipinski definition) is 0. The number of carbonyl (C=O) groups is 3. The van der Waals surface area contributed by atoms with Crippen molar-refractivity contribution in [2.45, 2.75) is 309 Å². The molecule has 0 bridgehead atoms. The minimum absolute atomic E-state index is 0.0870. The molecule has 0 spiro atoms. The monoisotopic (exact) mass is 991 g/mol. The Morgan fingerprint density at radius 2 is 0.507 bits per heavy atom. The van der Waals surface area contributed by atoms with Crippen molar-refractivity contribution in [2.24, 2.45) is 0 Å². The number of unbranched alkanes of at least 4 members (excludes halogenated alkanes) is 32. The predicted octanol–water partition coefficient (Wildman–Crippen LogP) is 20.5. The third-order valence-corrected chi connectivity index (χ3v) is 13.2. The minimum Gasteiger partial charge on any atom is -0.462 e. The van der Waals surface area contributed by atoms with E-state index in [0.29, 0.717) is 19.3 Å². The molecule has 0 aliphatic rings. The second kappa shape index (κ2) is 59.4. The molecule has 0 N–H and O–H groups in total. The Kier molecular flexibility index (Phi) is 56.8. The Bertz CT molecular complexity index is 1320. The molecule has 0 saturated heterocycles. The number of allylic oxidation sites excluding steroid dienone is 12. The van der Waals surface area contributed by atoms with E-state index in [1.165, 1.54) is 154 Å². The molecule has 71 heavy (non-hydrogen) atoms. The molecule has 0 aliphatic heterocycles. The van der Waals surface area contributed by atoms with E-state index in [1.54, 1.807) is 0 Å². The fraction of sp³-hybridized carbons (Fsp3) is 0.769. The van der Waals surface area contributed by atoms with Crippen LogP contribution in [0.25, 0.3) is 0 Å². The summed E-state index contributed by atoms with van der Waals surface area (Å²) in [7, 11) is 0. The van der Waals surface area contributed by atoms with Crippen LogP contribution in [-0.2, 0) is 28.6 Å². The summed E-state index contributed by atoms with van der Waals surface area (Å²) in [5, 5.41) is 0. The van der Waals surface area contributed by atoms with E-state index in [2.05, 4.69) is 93.7 Å². The fourth-order valence-corrected chi connectivity index (χ4v) is 8.53.